The lowest BCUT2D eigenvalue weighted by molar-refractivity contribution is 0.0529. The van der Waals surface area contributed by atoms with Crippen LogP contribution in [0.3, 0.4) is 0 Å². The van der Waals surface area contributed by atoms with Crippen LogP contribution in [-0.2, 0) is 5.60 Å². The van der Waals surface area contributed by atoms with Gasteiger partial charge in [0.1, 0.15) is 5.60 Å². The Morgan fingerprint density at radius 3 is 2.44 bits per heavy atom. The van der Waals surface area contributed by atoms with Crippen LogP contribution in [-0.4, -0.2) is 18.2 Å². The van der Waals surface area contributed by atoms with Crippen molar-refractivity contribution in [2.24, 2.45) is 0 Å². The molecule has 0 saturated carbocycles. The van der Waals surface area contributed by atoms with Crippen LogP contribution in [0.25, 0.3) is 0 Å². The molecule has 0 amide bonds. The van der Waals surface area contributed by atoms with Crippen LogP contribution in [0.15, 0.2) is 12.1 Å². The summed E-state index contributed by atoms with van der Waals surface area (Å²) in [6, 6.07) is 1.85. The third kappa shape index (κ3) is 2.54. The van der Waals surface area contributed by atoms with Crippen molar-refractivity contribution in [3.05, 3.63) is 35.1 Å². The molecule has 2 N–H and O–H groups in total. The maximum absolute atomic E-state index is 13.4. The summed E-state index contributed by atoms with van der Waals surface area (Å²) in [4.78, 5) is 0. The Kier molecular flexibility index (Phi) is 3.93. The van der Waals surface area contributed by atoms with Crippen molar-refractivity contribution in [1.29, 1.82) is 0 Å². The van der Waals surface area contributed by atoms with E-state index in [-0.39, 0.29) is 12.1 Å². The first-order chi connectivity index (χ1) is 7.40. The lowest BCUT2D eigenvalue weighted by atomic mass is 9.95. The Labute approximate surface area is 92.1 Å². The summed E-state index contributed by atoms with van der Waals surface area (Å²) in [5.41, 5.74) is -1.83. The van der Waals surface area contributed by atoms with E-state index in [9.17, 15) is 18.3 Å². The van der Waals surface area contributed by atoms with Gasteiger partial charge in [0.2, 0.25) is 0 Å². The average molecular weight is 233 g/mol. The molecule has 0 aliphatic rings. The van der Waals surface area contributed by atoms with Gasteiger partial charge in [-0.15, -0.1) is 0 Å². The van der Waals surface area contributed by atoms with Crippen molar-refractivity contribution in [1.82, 2.24) is 5.32 Å². The SMILES string of the molecule is CCNCC(C)(O)c1ccc(F)c(F)c1F. The molecule has 1 aromatic rings. The molecular formula is C11H14F3NO. The molecule has 0 aliphatic carbocycles. The van der Waals surface area contributed by atoms with Gasteiger partial charge in [-0.2, -0.15) is 0 Å². The summed E-state index contributed by atoms with van der Waals surface area (Å²) in [6.07, 6.45) is 0. The second-order valence-electron chi connectivity index (χ2n) is 3.78. The number of aliphatic hydroxyl groups is 1. The van der Waals surface area contributed by atoms with Gasteiger partial charge in [0, 0.05) is 12.1 Å². The molecule has 0 aliphatic heterocycles. The summed E-state index contributed by atoms with van der Waals surface area (Å²) in [5, 5.41) is 12.7. The van der Waals surface area contributed by atoms with Crippen molar-refractivity contribution in [3.8, 4) is 0 Å². The van der Waals surface area contributed by atoms with E-state index in [2.05, 4.69) is 5.32 Å². The number of rotatable bonds is 4. The highest BCUT2D eigenvalue weighted by molar-refractivity contribution is 5.26. The number of halogens is 3. The maximum Gasteiger partial charge on any atom is 0.194 e. The van der Waals surface area contributed by atoms with Crippen LogP contribution in [0.2, 0.25) is 0 Å². The summed E-state index contributed by atoms with van der Waals surface area (Å²) in [5.74, 6) is -4.17. The van der Waals surface area contributed by atoms with Crippen molar-refractivity contribution in [2.45, 2.75) is 19.4 Å². The molecule has 1 aromatic carbocycles. The van der Waals surface area contributed by atoms with Gasteiger partial charge in [-0.3, -0.25) is 0 Å². The van der Waals surface area contributed by atoms with Gasteiger partial charge in [-0.05, 0) is 19.5 Å². The Balaban J connectivity index is 3.08. The van der Waals surface area contributed by atoms with Gasteiger partial charge < -0.3 is 10.4 Å². The molecule has 0 spiro atoms. The molecule has 0 heterocycles. The third-order valence-electron chi connectivity index (χ3n) is 2.33. The van der Waals surface area contributed by atoms with Crippen LogP contribution < -0.4 is 5.32 Å². The molecule has 0 fully saturated rings. The zero-order chi connectivity index (χ0) is 12.3. The van der Waals surface area contributed by atoms with E-state index in [1.807, 2.05) is 6.92 Å². The highest BCUT2D eigenvalue weighted by Crippen LogP contribution is 2.25. The van der Waals surface area contributed by atoms with Crippen molar-refractivity contribution in [2.75, 3.05) is 13.1 Å². The Morgan fingerprint density at radius 2 is 1.88 bits per heavy atom. The highest BCUT2D eigenvalue weighted by Gasteiger charge is 2.28. The highest BCUT2D eigenvalue weighted by atomic mass is 19.2. The molecule has 0 radical (unpaired) electrons. The van der Waals surface area contributed by atoms with Gasteiger partial charge in [-0.1, -0.05) is 13.0 Å². The predicted molar refractivity (Wildman–Crippen MR) is 54.4 cm³/mol. The summed E-state index contributed by atoms with van der Waals surface area (Å²) in [6.45, 7) is 3.80. The normalized spacial score (nSPS) is 14.9. The van der Waals surface area contributed by atoms with Gasteiger partial charge in [-0.25, -0.2) is 13.2 Å². The van der Waals surface area contributed by atoms with Crippen molar-refractivity contribution in [3.63, 3.8) is 0 Å². The molecular weight excluding hydrogens is 219 g/mol. The molecule has 0 bridgehead atoms. The lowest BCUT2D eigenvalue weighted by Crippen LogP contribution is -2.36. The lowest BCUT2D eigenvalue weighted by Gasteiger charge is -2.24. The molecule has 0 saturated heterocycles. The minimum Gasteiger partial charge on any atom is -0.384 e. The Morgan fingerprint density at radius 1 is 1.25 bits per heavy atom. The van der Waals surface area contributed by atoms with E-state index in [0.717, 1.165) is 12.1 Å². The minimum absolute atomic E-state index is 0.0610. The van der Waals surface area contributed by atoms with Crippen LogP contribution in [0, 0.1) is 17.5 Å². The Bertz CT molecular complexity index is 380. The summed E-state index contributed by atoms with van der Waals surface area (Å²) in [7, 11) is 0. The maximum atomic E-state index is 13.4. The van der Waals surface area contributed by atoms with E-state index in [0.29, 0.717) is 6.54 Å². The fourth-order valence-corrected chi connectivity index (χ4v) is 1.41. The largest absolute Gasteiger partial charge is 0.384 e. The molecule has 16 heavy (non-hydrogen) atoms. The van der Waals surface area contributed by atoms with Crippen LogP contribution in [0.1, 0.15) is 19.4 Å². The van der Waals surface area contributed by atoms with E-state index in [4.69, 9.17) is 0 Å². The first-order valence-electron chi connectivity index (χ1n) is 4.97. The van der Waals surface area contributed by atoms with Gasteiger partial charge >= 0.3 is 0 Å². The predicted octanol–water partition coefficient (Wildman–Crippen LogP) is 1.92. The fraction of sp³-hybridized carbons (Fsp3) is 0.455. The van der Waals surface area contributed by atoms with E-state index in [1.165, 1.54) is 6.92 Å². The van der Waals surface area contributed by atoms with Gasteiger partial charge in [0.05, 0.1) is 0 Å². The molecule has 1 unspecified atom stereocenters. The van der Waals surface area contributed by atoms with Crippen molar-refractivity contribution < 1.29 is 18.3 Å². The number of likely N-dealkylation sites (N-methyl/N-ethyl adjacent to an activating group) is 1. The summed E-state index contributed by atoms with van der Waals surface area (Å²) >= 11 is 0. The smallest absolute Gasteiger partial charge is 0.194 e. The van der Waals surface area contributed by atoms with Gasteiger partial charge in [0.25, 0.3) is 0 Å². The zero-order valence-corrected chi connectivity index (χ0v) is 9.15. The van der Waals surface area contributed by atoms with Crippen LogP contribution in [0.4, 0.5) is 13.2 Å². The third-order valence-corrected chi connectivity index (χ3v) is 2.33. The molecule has 5 heteroatoms. The second kappa shape index (κ2) is 4.84. The zero-order valence-electron chi connectivity index (χ0n) is 9.15. The standard InChI is InChI=1S/C11H14F3NO/c1-3-15-6-11(2,16)7-4-5-8(12)10(14)9(7)13/h4-5,15-16H,3,6H2,1-2H3. The van der Waals surface area contributed by atoms with Crippen molar-refractivity contribution >= 4 is 0 Å². The number of nitrogens with one attached hydrogen (secondary N) is 1. The van der Waals surface area contributed by atoms with Crippen LogP contribution >= 0.6 is 0 Å². The van der Waals surface area contributed by atoms with E-state index in [1.54, 1.807) is 0 Å². The monoisotopic (exact) mass is 233 g/mol. The fourth-order valence-electron chi connectivity index (χ4n) is 1.41. The molecule has 2 nitrogen and oxygen atoms in total. The number of benzene rings is 1. The van der Waals surface area contributed by atoms with E-state index < -0.39 is 23.1 Å². The second-order valence-corrected chi connectivity index (χ2v) is 3.78. The Hall–Kier alpha value is -1.07. The first kappa shape index (κ1) is 13.0. The molecule has 1 rings (SSSR count). The van der Waals surface area contributed by atoms with Crippen LogP contribution in [0.5, 0.6) is 0 Å². The molecule has 0 aromatic heterocycles. The minimum atomic E-state index is -1.57. The first-order valence-corrected chi connectivity index (χ1v) is 4.97. The molecule has 90 valence electrons. The number of hydrogen-bond acceptors (Lipinski definition) is 2. The average Bonchev–Trinajstić information content (AvgIpc) is 2.23. The topological polar surface area (TPSA) is 32.3 Å². The molecule has 1 atom stereocenters. The number of hydrogen-bond donors (Lipinski definition) is 2. The van der Waals surface area contributed by atoms with E-state index >= 15 is 0 Å². The van der Waals surface area contributed by atoms with Gasteiger partial charge in [0.15, 0.2) is 17.5 Å². The quantitative estimate of drug-likeness (QED) is 0.779. The summed E-state index contributed by atoms with van der Waals surface area (Å²) < 4.78 is 39.0.